The van der Waals surface area contributed by atoms with Crippen molar-refractivity contribution in [2.45, 2.75) is 47.5 Å². The molecule has 1 aromatic rings. The third kappa shape index (κ3) is 4.59. The fourth-order valence-electron chi connectivity index (χ4n) is 2.45. The van der Waals surface area contributed by atoms with Crippen molar-refractivity contribution in [3.8, 4) is 0 Å². The Morgan fingerprint density at radius 1 is 1.09 bits per heavy atom. The van der Waals surface area contributed by atoms with E-state index in [0.29, 0.717) is 6.61 Å². The second-order valence-corrected chi connectivity index (χ2v) is 4.91. The Hall–Kier alpha value is -1.83. The molecule has 2 rings (SSSR count). The van der Waals surface area contributed by atoms with Gasteiger partial charge in [0.2, 0.25) is 0 Å². The molecule has 0 aromatic heterocycles. The van der Waals surface area contributed by atoms with E-state index >= 15 is 0 Å². The fourth-order valence-corrected chi connectivity index (χ4v) is 2.45. The minimum atomic E-state index is -0.214. The van der Waals surface area contributed by atoms with Crippen molar-refractivity contribution in [1.29, 1.82) is 0 Å². The summed E-state index contributed by atoms with van der Waals surface area (Å²) in [6.45, 7) is 10.9. The van der Waals surface area contributed by atoms with E-state index in [4.69, 9.17) is 4.74 Å². The maximum absolute atomic E-state index is 13.1. The SMILES string of the molecule is CC.CCOC1=CC(C)=C(CC)CC=C1c1ccc(F)cc1. The van der Waals surface area contributed by atoms with Crippen LogP contribution in [-0.2, 0) is 4.74 Å². The van der Waals surface area contributed by atoms with Crippen molar-refractivity contribution in [3.05, 3.63) is 64.7 Å². The molecule has 0 spiro atoms. The van der Waals surface area contributed by atoms with Crippen LogP contribution in [0.15, 0.2) is 53.3 Å². The molecule has 0 saturated heterocycles. The van der Waals surface area contributed by atoms with E-state index in [1.54, 1.807) is 12.1 Å². The molecule has 1 aromatic carbocycles. The van der Waals surface area contributed by atoms with E-state index < -0.39 is 0 Å². The number of halogens is 1. The summed E-state index contributed by atoms with van der Waals surface area (Å²) in [5.74, 6) is 0.661. The number of ether oxygens (including phenoxy) is 1. The topological polar surface area (TPSA) is 9.23 Å². The zero-order chi connectivity index (χ0) is 16.5. The van der Waals surface area contributed by atoms with Crippen LogP contribution in [-0.4, -0.2) is 6.61 Å². The molecule has 1 aliphatic carbocycles. The zero-order valence-corrected chi connectivity index (χ0v) is 14.4. The highest BCUT2D eigenvalue weighted by atomic mass is 19.1. The standard InChI is InChI=1S/C18H21FO.C2H6/c1-4-14-8-11-17(15-6-9-16(19)10-7-15)18(20-5-2)12-13(14)3;1-2/h6-7,9-12H,4-5,8H2,1-3H3;1-2H3. The lowest BCUT2D eigenvalue weighted by Gasteiger charge is -2.12. The van der Waals surface area contributed by atoms with Crippen LogP contribution in [0.2, 0.25) is 0 Å². The average molecular weight is 302 g/mol. The van der Waals surface area contributed by atoms with Gasteiger partial charge in [-0.2, -0.15) is 0 Å². The van der Waals surface area contributed by atoms with Gasteiger partial charge in [0.15, 0.2) is 0 Å². The van der Waals surface area contributed by atoms with E-state index in [9.17, 15) is 4.39 Å². The van der Waals surface area contributed by atoms with E-state index in [1.165, 1.54) is 23.3 Å². The second-order valence-electron chi connectivity index (χ2n) is 4.91. The molecule has 0 fully saturated rings. The molecule has 0 amide bonds. The van der Waals surface area contributed by atoms with E-state index in [2.05, 4.69) is 26.0 Å². The van der Waals surface area contributed by atoms with Crippen molar-refractivity contribution < 1.29 is 9.13 Å². The van der Waals surface area contributed by atoms with Gasteiger partial charge in [0.25, 0.3) is 0 Å². The van der Waals surface area contributed by atoms with Crippen molar-refractivity contribution in [2.24, 2.45) is 0 Å². The highest BCUT2D eigenvalue weighted by molar-refractivity contribution is 5.78. The molecule has 0 atom stereocenters. The number of hydrogen-bond donors (Lipinski definition) is 0. The Balaban J connectivity index is 0.00000116. The van der Waals surface area contributed by atoms with Crippen LogP contribution in [0.1, 0.15) is 53.0 Å². The summed E-state index contributed by atoms with van der Waals surface area (Å²) in [5.41, 5.74) is 4.73. The average Bonchev–Trinajstić information content (AvgIpc) is 2.69. The van der Waals surface area contributed by atoms with Gasteiger partial charge >= 0.3 is 0 Å². The normalized spacial score (nSPS) is 14.5. The van der Waals surface area contributed by atoms with Gasteiger partial charge in [0.05, 0.1) is 6.61 Å². The van der Waals surface area contributed by atoms with Gasteiger partial charge in [-0.3, -0.25) is 0 Å². The Bertz CT molecular complexity index is 562. The lowest BCUT2D eigenvalue weighted by atomic mass is 10.0. The largest absolute Gasteiger partial charge is 0.493 e. The van der Waals surface area contributed by atoms with Crippen LogP contribution in [0.4, 0.5) is 4.39 Å². The van der Waals surface area contributed by atoms with Gasteiger partial charge in [0, 0.05) is 5.57 Å². The first-order valence-corrected chi connectivity index (χ1v) is 8.15. The number of benzene rings is 1. The zero-order valence-electron chi connectivity index (χ0n) is 14.4. The van der Waals surface area contributed by atoms with Gasteiger partial charge in [-0.15, -0.1) is 0 Å². The smallest absolute Gasteiger partial charge is 0.127 e. The summed E-state index contributed by atoms with van der Waals surface area (Å²) >= 11 is 0. The molecular formula is C20H27FO. The first kappa shape index (κ1) is 18.2. The molecule has 0 bridgehead atoms. The summed E-state index contributed by atoms with van der Waals surface area (Å²) in [6, 6.07) is 6.60. The first-order valence-electron chi connectivity index (χ1n) is 8.15. The molecule has 0 saturated carbocycles. The summed E-state index contributed by atoms with van der Waals surface area (Å²) in [4.78, 5) is 0. The Morgan fingerprint density at radius 3 is 2.27 bits per heavy atom. The number of rotatable bonds is 4. The first-order chi connectivity index (χ1) is 10.7. The van der Waals surface area contributed by atoms with Gasteiger partial charge in [-0.25, -0.2) is 4.39 Å². The van der Waals surface area contributed by atoms with E-state index in [1.807, 2.05) is 20.8 Å². The summed E-state index contributed by atoms with van der Waals surface area (Å²) in [6.07, 6.45) is 6.24. The molecule has 1 aliphatic rings. The number of allylic oxidation sites excluding steroid dienone is 5. The highest BCUT2D eigenvalue weighted by Gasteiger charge is 2.14. The molecule has 0 aliphatic heterocycles. The molecule has 22 heavy (non-hydrogen) atoms. The van der Waals surface area contributed by atoms with Gasteiger partial charge in [0.1, 0.15) is 11.6 Å². The van der Waals surface area contributed by atoms with Gasteiger partial charge < -0.3 is 4.74 Å². The van der Waals surface area contributed by atoms with Crippen molar-refractivity contribution in [1.82, 2.24) is 0 Å². The van der Waals surface area contributed by atoms with Gasteiger partial charge in [-0.05, 0) is 56.0 Å². The van der Waals surface area contributed by atoms with Crippen molar-refractivity contribution in [2.75, 3.05) is 6.61 Å². The minimum absolute atomic E-state index is 0.214. The summed E-state index contributed by atoms with van der Waals surface area (Å²) in [5, 5.41) is 0. The Labute approximate surface area is 134 Å². The number of hydrogen-bond acceptors (Lipinski definition) is 1. The van der Waals surface area contributed by atoms with Crippen molar-refractivity contribution >= 4 is 5.57 Å². The van der Waals surface area contributed by atoms with Crippen LogP contribution >= 0.6 is 0 Å². The molecular weight excluding hydrogens is 275 g/mol. The lowest BCUT2D eigenvalue weighted by molar-refractivity contribution is 0.246. The van der Waals surface area contributed by atoms with Crippen LogP contribution < -0.4 is 0 Å². The maximum Gasteiger partial charge on any atom is 0.127 e. The van der Waals surface area contributed by atoms with Gasteiger partial charge in [-0.1, -0.05) is 44.6 Å². The van der Waals surface area contributed by atoms with E-state index in [-0.39, 0.29) is 5.82 Å². The lowest BCUT2D eigenvalue weighted by Crippen LogP contribution is -1.96. The fraction of sp³-hybridized carbons (Fsp3) is 0.400. The summed E-state index contributed by atoms with van der Waals surface area (Å²) < 4.78 is 18.9. The molecule has 0 heterocycles. The van der Waals surface area contributed by atoms with E-state index in [0.717, 1.165) is 29.7 Å². The molecule has 120 valence electrons. The predicted octanol–water partition coefficient (Wildman–Crippen LogP) is 6.29. The third-order valence-electron chi connectivity index (χ3n) is 3.61. The third-order valence-corrected chi connectivity index (χ3v) is 3.61. The monoisotopic (exact) mass is 302 g/mol. The predicted molar refractivity (Wildman–Crippen MR) is 93.0 cm³/mol. The molecule has 0 N–H and O–H groups in total. The highest BCUT2D eigenvalue weighted by Crippen LogP contribution is 2.31. The Kier molecular flexibility index (Phi) is 7.65. The second kappa shape index (κ2) is 9.24. The van der Waals surface area contributed by atoms with Crippen LogP contribution in [0.25, 0.3) is 5.57 Å². The minimum Gasteiger partial charge on any atom is -0.493 e. The maximum atomic E-state index is 13.1. The molecule has 0 unspecified atom stereocenters. The Morgan fingerprint density at radius 2 is 1.73 bits per heavy atom. The van der Waals surface area contributed by atoms with Crippen LogP contribution in [0.3, 0.4) is 0 Å². The molecule has 1 nitrogen and oxygen atoms in total. The summed E-state index contributed by atoms with van der Waals surface area (Å²) in [7, 11) is 0. The van der Waals surface area contributed by atoms with Crippen molar-refractivity contribution in [3.63, 3.8) is 0 Å². The van der Waals surface area contributed by atoms with Crippen LogP contribution in [0, 0.1) is 5.82 Å². The van der Waals surface area contributed by atoms with Crippen LogP contribution in [0.5, 0.6) is 0 Å². The molecule has 2 heteroatoms. The quantitative estimate of drug-likeness (QED) is 0.635. The molecule has 0 radical (unpaired) electrons.